The highest BCUT2D eigenvalue weighted by Crippen LogP contribution is 2.26. The second kappa shape index (κ2) is 8.79. The largest absolute Gasteiger partial charge is 0.461 e. The number of hydrogen-bond donors (Lipinski definition) is 0. The fraction of sp³-hybridized carbons (Fsp3) is 0.417. The van der Waals surface area contributed by atoms with E-state index in [0.29, 0.717) is 30.7 Å². The van der Waals surface area contributed by atoms with E-state index >= 15 is 0 Å². The molecule has 31 heavy (non-hydrogen) atoms. The van der Waals surface area contributed by atoms with Gasteiger partial charge in [0, 0.05) is 31.0 Å². The number of aromatic nitrogens is 2. The number of para-hydroxylation sites is 2. The minimum absolute atomic E-state index is 0.00592. The molecule has 1 fully saturated rings. The molecule has 6 nitrogen and oxygen atoms in total. The van der Waals surface area contributed by atoms with Crippen LogP contribution in [0.5, 0.6) is 6.01 Å². The molecule has 0 aliphatic carbocycles. The van der Waals surface area contributed by atoms with E-state index < -0.39 is 5.60 Å². The average Bonchev–Trinajstić information content (AvgIpc) is 3.04. The monoisotopic (exact) mass is 441 g/mol. The highest BCUT2D eigenvalue weighted by molar-refractivity contribution is 6.30. The molecule has 4 rings (SSSR count). The minimum Gasteiger partial charge on any atom is -0.461 e. The number of hydrogen-bond acceptors (Lipinski definition) is 4. The molecule has 1 saturated heterocycles. The molecule has 0 bridgehead atoms. The number of benzene rings is 2. The molecular formula is C24H28ClN3O3. The van der Waals surface area contributed by atoms with E-state index in [4.69, 9.17) is 26.1 Å². The molecule has 0 saturated carbocycles. The van der Waals surface area contributed by atoms with Crippen molar-refractivity contribution in [2.75, 3.05) is 13.1 Å². The van der Waals surface area contributed by atoms with Crippen molar-refractivity contribution < 1.29 is 14.3 Å². The second-order valence-corrected chi connectivity index (χ2v) is 9.32. The van der Waals surface area contributed by atoms with Gasteiger partial charge in [-0.2, -0.15) is 4.98 Å². The molecule has 3 aromatic rings. The lowest BCUT2D eigenvalue weighted by molar-refractivity contribution is 0.0116. The number of carbonyl (C=O) groups is 1. The SMILES string of the molecule is CC(C)(C)OC(=O)N1CCC(Oc2nc3ccccc3n2Cc2cccc(Cl)c2)CC1. The predicted molar refractivity (Wildman–Crippen MR) is 122 cm³/mol. The van der Waals surface area contributed by atoms with Crippen LogP contribution in [-0.2, 0) is 11.3 Å². The summed E-state index contributed by atoms with van der Waals surface area (Å²) in [6.07, 6.45) is 1.20. The van der Waals surface area contributed by atoms with Crippen molar-refractivity contribution in [3.63, 3.8) is 0 Å². The van der Waals surface area contributed by atoms with Crippen molar-refractivity contribution in [3.8, 4) is 6.01 Å². The van der Waals surface area contributed by atoms with E-state index in [0.717, 1.165) is 29.4 Å². The Morgan fingerprint density at radius 1 is 1.13 bits per heavy atom. The van der Waals surface area contributed by atoms with Gasteiger partial charge in [0.15, 0.2) is 0 Å². The van der Waals surface area contributed by atoms with E-state index in [1.807, 2.05) is 69.3 Å². The lowest BCUT2D eigenvalue weighted by atomic mass is 10.1. The average molecular weight is 442 g/mol. The molecular weight excluding hydrogens is 414 g/mol. The smallest absolute Gasteiger partial charge is 0.410 e. The summed E-state index contributed by atoms with van der Waals surface area (Å²) in [7, 11) is 0. The third kappa shape index (κ3) is 5.31. The highest BCUT2D eigenvalue weighted by Gasteiger charge is 2.28. The summed E-state index contributed by atoms with van der Waals surface area (Å²) in [5.74, 6) is 0. The number of piperidine rings is 1. The number of rotatable bonds is 4. The van der Waals surface area contributed by atoms with Crippen LogP contribution in [0.3, 0.4) is 0 Å². The standard InChI is InChI=1S/C24H28ClN3O3/c1-24(2,3)31-23(29)27-13-11-19(12-14-27)30-22-26-20-9-4-5-10-21(20)28(22)16-17-7-6-8-18(25)15-17/h4-10,15,19H,11-14,16H2,1-3H3. The first-order valence-corrected chi connectivity index (χ1v) is 11.0. The third-order valence-electron chi connectivity index (χ3n) is 5.21. The number of ether oxygens (including phenoxy) is 2. The molecule has 2 heterocycles. The first-order valence-electron chi connectivity index (χ1n) is 10.6. The van der Waals surface area contributed by atoms with Crippen LogP contribution in [0.1, 0.15) is 39.2 Å². The summed E-state index contributed by atoms with van der Waals surface area (Å²) in [4.78, 5) is 18.8. The molecule has 2 aromatic carbocycles. The quantitative estimate of drug-likeness (QED) is 0.535. The molecule has 1 aromatic heterocycles. The van der Waals surface area contributed by atoms with Crippen LogP contribution in [0.4, 0.5) is 4.79 Å². The maximum atomic E-state index is 12.3. The van der Waals surface area contributed by atoms with Gasteiger partial charge in [-0.3, -0.25) is 4.57 Å². The van der Waals surface area contributed by atoms with Gasteiger partial charge in [-0.15, -0.1) is 0 Å². The molecule has 1 amide bonds. The van der Waals surface area contributed by atoms with E-state index in [1.54, 1.807) is 4.90 Å². The van der Waals surface area contributed by atoms with Crippen molar-refractivity contribution in [1.29, 1.82) is 0 Å². The van der Waals surface area contributed by atoms with Crippen molar-refractivity contribution in [3.05, 3.63) is 59.1 Å². The number of fused-ring (bicyclic) bond motifs is 1. The fourth-order valence-electron chi connectivity index (χ4n) is 3.75. The number of likely N-dealkylation sites (tertiary alicyclic amines) is 1. The molecule has 7 heteroatoms. The molecule has 0 N–H and O–H groups in total. The summed E-state index contributed by atoms with van der Waals surface area (Å²) < 4.78 is 13.9. The Balaban J connectivity index is 1.48. The van der Waals surface area contributed by atoms with E-state index in [9.17, 15) is 4.79 Å². The first-order chi connectivity index (χ1) is 14.8. The Morgan fingerprint density at radius 2 is 1.87 bits per heavy atom. The van der Waals surface area contributed by atoms with Crippen molar-refractivity contribution in [2.24, 2.45) is 0 Å². The Hall–Kier alpha value is -2.73. The van der Waals surface area contributed by atoms with E-state index in [1.165, 1.54) is 0 Å². The zero-order valence-corrected chi connectivity index (χ0v) is 18.9. The van der Waals surface area contributed by atoms with Crippen molar-refractivity contribution >= 4 is 28.7 Å². The molecule has 0 radical (unpaired) electrons. The van der Waals surface area contributed by atoms with Crippen LogP contribution in [-0.4, -0.2) is 45.3 Å². The summed E-state index contributed by atoms with van der Waals surface area (Å²) in [6, 6.07) is 16.4. The van der Waals surface area contributed by atoms with Crippen LogP contribution in [0.15, 0.2) is 48.5 Å². The third-order valence-corrected chi connectivity index (χ3v) is 5.45. The second-order valence-electron chi connectivity index (χ2n) is 8.88. The van der Waals surface area contributed by atoms with Gasteiger partial charge in [-0.25, -0.2) is 4.79 Å². The molecule has 0 spiro atoms. The van der Waals surface area contributed by atoms with E-state index in [2.05, 4.69) is 4.57 Å². The Kier molecular flexibility index (Phi) is 6.10. The van der Waals surface area contributed by atoms with Crippen LogP contribution in [0.2, 0.25) is 5.02 Å². The van der Waals surface area contributed by atoms with Crippen LogP contribution in [0, 0.1) is 0 Å². The summed E-state index contributed by atoms with van der Waals surface area (Å²) in [5, 5.41) is 0.707. The Bertz CT molecular complexity index is 1070. The topological polar surface area (TPSA) is 56.6 Å². The molecule has 1 aliphatic heterocycles. The lowest BCUT2D eigenvalue weighted by Gasteiger charge is -2.33. The number of imidazole rings is 1. The molecule has 0 atom stereocenters. The maximum Gasteiger partial charge on any atom is 0.410 e. The lowest BCUT2D eigenvalue weighted by Crippen LogP contribution is -2.44. The number of nitrogens with zero attached hydrogens (tertiary/aromatic N) is 3. The van der Waals surface area contributed by atoms with Crippen molar-refractivity contribution in [2.45, 2.75) is 51.9 Å². The molecule has 1 aliphatic rings. The number of amides is 1. The summed E-state index contributed by atoms with van der Waals surface area (Å²) in [6.45, 7) is 7.47. The fourth-order valence-corrected chi connectivity index (χ4v) is 3.96. The van der Waals surface area contributed by atoms with Crippen LogP contribution < -0.4 is 4.74 Å². The maximum absolute atomic E-state index is 12.3. The Labute approximate surface area is 187 Å². The van der Waals surface area contributed by atoms with Gasteiger partial charge in [0.1, 0.15) is 11.7 Å². The van der Waals surface area contributed by atoms with Gasteiger partial charge in [-0.05, 0) is 50.6 Å². The summed E-state index contributed by atoms with van der Waals surface area (Å²) in [5.41, 5.74) is 2.50. The normalized spacial score (nSPS) is 15.3. The van der Waals surface area contributed by atoms with Gasteiger partial charge < -0.3 is 14.4 Å². The van der Waals surface area contributed by atoms with Crippen LogP contribution >= 0.6 is 11.6 Å². The van der Waals surface area contributed by atoms with Crippen molar-refractivity contribution in [1.82, 2.24) is 14.5 Å². The Morgan fingerprint density at radius 3 is 2.58 bits per heavy atom. The number of halogens is 1. The van der Waals surface area contributed by atoms with E-state index in [-0.39, 0.29) is 12.2 Å². The van der Waals surface area contributed by atoms with Gasteiger partial charge in [0.05, 0.1) is 17.6 Å². The zero-order valence-electron chi connectivity index (χ0n) is 18.2. The molecule has 164 valence electrons. The van der Waals surface area contributed by atoms with Gasteiger partial charge in [0.25, 0.3) is 6.01 Å². The summed E-state index contributed by atoms with van der Waals surface area (Å²) >= 11 is 6.18. The highest BCUT2D eigenvalue weighted by atomic mass is 35.5. The predicted octanol–water partition coefficient (Wildman–Crippen LogP) is 5.52. The first kappa shape index (κ1) is 21.5. The van der Waals surface area contributed by atoms with Gasteiger partial charge in [0.2, 0.25) is 0 Å². The number of carbonyl (C=O) groups excluding carboxylic acids is 1. The zero-order chi connectivity index (χ0) is 22.0. The van der Waals surface area contributed by atoms with Gasteiger partial charge >= 0.3 is 6.09 Å². The molecule has 0 unspecified atom stereocenters. The minimum atomic E-state index is -0.490. The van der Waals surface area contributed by atoms with Crippen LogP contribution in [0.25, 0.3) is 11.0 Å². The van der Waals surface area contributed by atoms with Gasteiger partial charge in [-0.1, -0.05) is 35.9 Å².